The van der Waals surface area contributed by atoms with E-state index in [2.05, 4.69) is 99.8 Å². The van der Waals surface area contributed by atoms with Crippen LogP contribution >= 0.6 is 0 Å². The summed E-state index contributed by atoms with van der Waals surface area (Å²) >= 11 is 0. The first-order chi connectivity index (χ1) is 25.6. The van der Waals surface area contributed by atoms with Gasteiger partial charge in [-0.1, -0.05) is 99.5 Å². The molecule has 6 aromatic carbocycles. The van der Waals surface area contributed by atoms with Gasteiger partial charge in [-0.3, -0.25) is 4.79 Å². The Morgan fingerprint density at radius 3 is 2.23 bits per heavy atom. The van der Waals surface area contributed by atoms with Crippen LogP contribution in [0.3, 0.4) is 0 Å². The first-order valence-electron chi connectivity index (χ1n) is 18.5. The smallest absolute Gasteiger partial charge is 0.255 e. The van der Waals surface area contributed by atoms with Crippen LogP contribution in [0, 0.1) is 13.8 Å². The van der Waals surface area contributed by atoms with Crippen LogP contribution in [0.5, 0.6) is 17.2 Å². The summed E-state index contributed by atoms with van der Waals surface area (Å²) in [6.07, 6.45) is 6.56. The van der Waals surface area contributed by atoms with Gasteiger partial charge < -0.3 is 19.5 Å². The number of hydrogen-bond acceptors (Lipinski definition) is 4. The van der Waals surface area contributed by atoms with E-state index in [1.54, 1.807) is 7.11 Å². The third-order valence-corrected chi connectivity index (χ3v) is 11.0. The summed E-state index contributed by atoms with van der Waals surface area (Å²) in [6.45, 7) is 11.6. The van der Waals surface area contributed by atoms with Crippen molar-refractivity contribution < 1.29 is 19.0 Å². The third kappa shape index (κ3) is 5.76. The van der Waals surface area contributed by atoms with E-state index in [9.17, 15) is 4.79 Å². The van der Waals surface area contributed by atoms with E-state index in [0.717, 1.165) is 68.8 Å². The van der Waals surface area contributed by atoms with Gasteiger partial charge in [0.05, 0.1) is 13.7 Å². The maximum Gasteiger partial charge on any atom is 0.255 e. The van der Waals surface area contributed by atoms with Gasteiger partial charge in [-0.15, -0.1) is 0 Å². The van der Waals surface area contributed by atoms with Gasteiger partial charge in [-0.2, -0.15) is 0 Å². The van der Waals surface area contributed by atoms with E-state index in [1.807, 2.05) is 61.5 Å². The average Bonchev–Trinajstić information content (AvgIpc) is 3.41. The fourth-order valence-corrected chi connectivity index (χ4v) is 8.15. The topological polar surface area (TPSA) is 56.8 Å². The molecule has 1 N–H and O–H groups in total. The van der Waals surface area contributed by atoms with E-state index in [0.29, 0.717) is 12.2 Å². The molecule has 0 saturated heterocycles. The van der Waals surface area contributed by atoms with Crippen LogP contribution in [0.25, 0.3) is 28.0 Å². The van der Waals surface area contributed by atoms with Crippen molar-refractivity contribution in [3.8, 4) is 28.4 Å². The second-order valence-electron chi connectivity index (χ2n) is 14.8. The summed E-state index contributed by atoms with van der Waals surface area (Å²) in [4.78, 5) is 13.6. The van der Waals surface area contributed by atoms with Crippen molar-refractivity contribution >= 4 is 28.4 Å². The predicted molar refractivity (Wildman–Crippen MR) is 216 cm³/mol. The molecular weight excluding hydrogens is 655 g/mol. The minimum absolute atomic E-state index is 0.131. The van der Waals surface area contributed by atoms with Crippen LogP contribution in [0.1, 0.15) is 82.9 Å². The first-order valence-corrected chi connectivity index (χ1v) is 18.5. The Morgan fingerprint density at radius 1 is 0.811 bits per heavy atom. The summed E-state index contributed by atoms with van der Waals surface area (Å²) in [5.74, 6) is 2.30. The number of unbranched alkanes of at least 4 members (excludes halogenated alkanes) is 1. The van der Waals surface area contributed by atoms with E-state index >= 15 is 0 Å². The van der Waals surface area contributed by atoms with Gasteiger partial charge >= 0.3 is 0 Å². The third-order valence-electron chi connectivity index (χ3n) is 11.0. The molecule has 1 aliphatic heterocycles. The molecule has 0 aromatic heterocycles. The van der Waals surface area contributed by atoms with Crippen molar-refractivity contribution in [3.63, 3.8) is 0 Å². The lowest BCUT2D eigenvalue weighted by molar-refractivity contribution is 0.102. The zero-order valence-corrected chi connectivity index (χ0v) is 31.3. The second-order valence-corrected chi connectivity index (χ2v) is 14.8. The molecule has 0 saturated carbocycles. The summed E-state index contributed by atoms with van der Waals surface area (Å²) in [5, 5.41) is 5.22. The molecule has 1 amide bonds. The van der Waals surface area contributed by atoms with Gasteiger partial charge in [0.2, 0.25) is 0 Å². The lowest BCUT2D eigenvalue weighted by Gasteiger charge is -2.38. The Kier molecular flexibility index (Phi) is 8.61. The van der Waals surface area contributed by atoms with E-state index < -0.39 is 5.60 Å². The molecule has 1 heterocycles. The number of methoxy groups -OCH3 is 1. The highest BCUT2D eigenvalue weighted by Crippen LogP contribution is 2.58. The fourth-order valence-electron chi connectivity index (χ4n) is 8.15. The molecular formula is C48H45NO4. The Labute approximate surface area is 312 Å². The number of carbonyl (C=O) groups excluding carboxylic acids is 1. The second kappa shape index (κ2) is 13.3. The number of fused-ring (bicyclic) bond motifs is 8. The van der Waals surface area contributed by atoms with Crippen LogP contribution in [0.2, 0.25) is 0 Å². The van der Waals surface area contributed by atoms with Gasteiger partial charge in [-0.05, 0) is 108 Å². The normalized spacial score (nSPS) is 16.3. The van der Waals surface area contributed by atoms with Crippen molar-refractivity contribution in [2.75, 3.05) is 19.0 Å². The number of anilines is 1. The Morgan fingerprint density at radius 2 is 1.53 bits per heavy atom. The van der Waals surface area contributed by atoms with Crippen LogP contribution in [-0.4, -0.2) is 19.6 Å². The lowest BCUT2D eigenvalue weighted by Crippen LogP contribution is -2.35. The highest BCUT2D eigenvalue weighted by molar-refractivity contribution is 6.11. The fraction of sp³-hybridized carbons (Fsp3) is 0.229. The van der Waals surface area contributed by atoms with E-state index in [4.69, 9.17) is 14.2 Å². The highest BCUT2D eigenvalue weighted by Gasteiger charge is 2.44. The van der Waals surface area contributed by atoms with Crippen LogP contribution in [0.4, 0.5) is 5.69 Å². The molecule has 266 valence electrons. The molecule has 5 heteroatoms. The summed E-state index contributed by atoms with van der Waals surface area (Å²) in [6, 6.07) is 37.1. The molecule has 0 bridgehead atoms. The van der Waals surface area contributed by atoms with Crippen molar-refractivity contribution in [2.24, 2.45) is 0 Å². The van der Waals surface area contributed by atoms with Gasteiger partial charge in [0.15, 0.2) is 5.60 Å². The summed E-state index contributed by atoms with van der Waals surface area (Å²) < 4.78 is 19.1. The maximum atomic E-state index is 13.6. The molecule has 1 unspecified atom stereocenters. The van der Waals surface area contributed by atoms with E-state index in [1.165, 1.54) is 27.8 Å². The molecule has 6 aromatic rings. The van der Waals surface area contributed by atoms with E-state index in [-0.39, 0.29) is 11.3 Å². The van der Waals surface area contributed by atoms with Gasteiger partial charge in [-0.25, -0.2) is 0 Å². The van der Waals surface area contributed by atoms with Gasteiger partial charge in [0.25, 0.3) is 5.91 Å². The molecule has 8 rings (SSSR count). The van der Waals surface area contributed by atoms with Crippen LogP contribution in [0.15, 0.2) is 115 Å². The number of benzene rings is 6. The van der Waals surface area contributed by atoms with Gasteiger partial charge in [0, 0.05) is 38.7 Å². The SMILES string of the molecule is CCCCOc1ccc(C2(c3ccc(OC)cc3)C=Cc3c4c(c5cc(NC(=O)c6ccccc6C)ccc5c3O2)-c2ccc(C)cc2C4(C)C)cc1. The predicted octanol–water partition coefficient (Wildman–Crippen LogP) is 11.6. The number of nitrogens with one attached hydrogen (secondary N) is 1. The van der Waals surface area contributed by atoms with Crippen LogP contribution in [-0.2, 0) is 11.0 Å². The number of aryl methyl sites for hydroxylation is 2. The van der Waals surface area contributed by atoms with Crippen molar-refractivity contribution in [1.29, 1.82) is 0 Å². The average molecular weight is 700 g/mol. The van der Waals surface area contributed by atoms with Gasteiger partial charge in [0.1, 0.15) is 17.2 Å². The monoisotopic (exact) mass is 699 g/mol. The maximum absolute atomic E-state index is 13.6. The molecule has 1 atom stereocenters. The van der Waals surface area contributed by atoms with Crippen molar-refractivity contribution in [3.05, 3.63) is 160 Å². The zero-order valence-electron chi connectivity index (χ0n) is 31.3. The molecule has 2 aliphatic rings. The zero-order chi connectivity index (χ0) is 36.9. The van der Waals surface area contributed by atoms with Crippen molar-refractivity contribution in [1.82, 2.24) is 0 Å². The largest absolute Gasteiger partial charge is 0.497 e. The lowest BCUT2D eigenvalue weighted by atomic mass is 9.76. The standard InChI is InChI=1S/C48H45NO4/c1-7-8-27-52-36-21-16-33(17-22-36)48(32-14-19-35(51-6)20-15-32)26-25-40-44-43(39-23-13-30(2)28-42(39)47(44,4)5)41-29-34(18-24-38(41)45(40)53-48)49-46(50)37-12-10-9-11-31(37)3/h9-26,28-29H,7-8,27H2,1-6H3,(H,49,50). The quantitative estimate of drug-likeness (QED) is 0.153. The number of amides is 1. The highest BCUT2D eigenvalue weighted by atomic mass is 16.5. The Balaban J connectivity index is 1.33. The Hall–Kier alpha value is -5.81. The Bertz CT molecular complexity index is 2410. The number of ether oxygens (including phenoxy) is 3. The molecule has 0 radical (unpaired) electrons. The molecule has 5 nitrogen and oxygen atoms in total. The summed E-state index contributed by atoms with van der Waals surface area (Å²) in [7, 11) is 1.68. The number of carbonyl (C=O) groups is 1. The number of rotatable bonds is 9. The molecule has 0 spiro atoms. The number of hydrogen-bond donors (Lipinski definition) is 1. The van der Waals surface area contributed by atoms with Crippen molar-refractivity contribution in [2.45, 2.75) is 58.5 Å². The molecule has 0 fully saturated rings. The van der Waals surface area contributed by atoms with Crippen LogP contribution < -0.4 is 19.5 Å². The molecule has 53 heavy (non-hydrogen) atoms. The summed E-state index contributed by atoms with van der Waals surface area (Å²) in [5.41, 5.74) is 10.3. The minimum Gasteiger partial charge on any atom is -0.497 e. The minimum atomic E-state index is -0.938. The molecule has 1 aliphatic carbocycles. The first kappa shape index (κ1) is 34.3.